The van der Waals surface area contributed by atoms with E-state index >= 15 is 0 Å². The summed E-state index contributed by atoms with van der Waals surface area (Å²) in [5, 5.41) is 6.14. The number of carbonyl (C=O) groups excluding carboxylic acids is 6. The number of piperazine rings is 2. The van der Waals surface area contributed by atoms with Crippen LogP contribution in [0.15, 0.2) is 47.5 Å². The van der Waals surface area contributed by atoms with Crippen molar-refractivity contribution >= 4 is 63.9 Å². The number of pyridine rings is 2. The molecule has 19 nitrogen and oxygen atoms in total. The minimum atomic E-state index is -0.971. The third-order valence-electron chi connectivity index (χ3n) is 15.1. The lowest BCUT2D eigenvalue weighted by atomic mass is 9.88. The molecule has 1 saturated carbocycles. The zero-order valence-electron chi connectivity index (χ0n) is 38.7. The third-order valence-corrected chi connectivity index (χ3v) is 15.1. The van der Waals surface area contributed by atoms with Gasteiger partial charge >= 0.3 is 6.03 Å². The first-order chi connectivity index (χ1) is 32.9. The maximum absolute atomic E-state index is 13.6. The number of anilines is 3. The molecular formula is C49H58N12O7. The molecule has 1 atom stereocenters. The lowest BCUT2D eigenvalue weighted by molar-refractivity contribution is -0.136. The van der Waals surface area contributed by atoms with Crippen molar-refractivity contribution in [2.75, 3.05) is 88.8 Å². The van der Waals surface area contributed by atoms with Crippen molar-refractivity contribution in [2.45, 2.75) is 83.2 Å². The maximum atomic E-state index is 13.6. The summed E-state index contributed by atoms with van der Waals surface area (Å²) in [6.07, 6.45) is 9.38. The van der Waals surface area contributed by atoms with Crippen LogP contribution in [0.5, 0.6) is 0 Å². The number of ketones is 1. The van der Waals surface area contributed by atoms with Gasteiger partial charge in [0.2, 0.25) is 17.8 Å². The SMILES string of the molecule is CC(=O)c1c(C)c2cnc(Nc3ccc(N4CCN(C(=O)N5CCN(CCN6CCC(c7ccc8c(c7)C(=O)N(C7CCC(=O)NC7=O)C8=O)CC6)CC5)CC4)cn3)nc2n(C2CCCC2)c1=O. The van der Waals surface area contributed by atoms with Gasteiger partial charge in [0.15, 0.2) is 5.78 Å². The molecule has 6 aliphatic rings. The fourth-order valence-electron chi connectivity index (χ4n) is 11.1. The van der Waals surface area contributed by atoms with E-state index in [0.717, 1.165) is 93.9 Å². The fraction of sp³-hybridized carbons (Fsp3) is 0.510. The van der Waals surface area contributed by atoms with Crippen LogP contribution in [0.3, 0.4) is 0 Å². The number of likely N-dealkylation sites (tertiary alicyclic amines) is 1. The largest absolute Gasteiger partial charge is 0.367 e. The number of Topliss-reactive ketones (excluding diaryl/α,β-unsaturated/α-hetero) is 1. The monoisotopic (exact) mass is 926 g/mol. The number of piperidine rings is 2. The smallest absolute Gasteiger partial charge is 0.320 e. The molecule has 4 aromatic rings. The standard InChI is InChI=1S/C49H58N12O7/c1-30-38-29-51-48(54-43(38)60(34-5-3-4-6-34)47(67)42(30)31(2)62)52-40-11-8-35(28-50-40)57-23-25-59(26-24-57)49(68)58-21-19-56(20-22-58)18-17-55-15-13-32(14-16-55)33-7-9-36-37(27-33)46(66)61(45(36)65)39-10-12-41(63)53-44(39)64/h7-9,11,27-29,32,34,39H,3-6,10,12-26H2,1-2H3,(H,53,63,64)(H,50,51,52,54). The Morgan fingerprint density at radius 2 is 1.43 bits per heavy atom. The number of benzene rings is 1. The van der Waals surface area contributed by atoms with Gasteiger partial charge in [-0.25, -0.2) is 14.8 Å². The van der Waals surface area contributed by atoms with Crippen LogP contribution >= 0.6 is 0 Å². The first-order valence-corrected chi connectivity index (χ1v) is 24.2. The Balaban J connectivity index is 0.658. The molecule has 1 aliphatic carbocycles. The number of carbonyl (C=O) groups is 6. The summed E-state index contributed by atoms with van der Waals surface area (Å²) < 4.78 is 1.70. The van der Waals surface area contributed by atoms with Crippen molar-refractivity contribution in [3.8, 4) is 0 Å². The molecule has 68 heavy (non-hydrogen) atoms. The average molecular weight is 927 g/mol. The van der Waals surface area contributed by atoms with E-state index in [-0.39, 0.29) is 47.7 Å². The molecule has 8 heterocycles. The van der Waals surface area contributed by atoms with Gasteiger partial charge in [0.1, 0.15) is 17.5 Å². The summed E-state index contributed by atoms with van der Waals surface area (Å²) in [4.78, 5) is 116. The highest BCUT2D eigenvalue weighted by Gasteiger charge is 2.45. The third kappa shape index (κ3) is 8.72. The first kappa shape index (κ1) is 45.2. The van der Waals surface area contributed by atoms with E-state index in [9.17, 15) is 33.6 Å². The quantitative estimate of drug-likeness (QED) is 0.172. The van der Waals surface area contributed by atoms with Crippen LogP contribution in [0.25, 0.3) is 11.0 Å². The van der Waals surface area contributed by atoms with Gasteiger partial charge in [-0.3, -0.25) is 48.5 Å². The van der Waals surface area contributed by atoms with Crippen LogP contribution in [0, 0.1) is 6.92 Å². The molecule has 3 aromatic heterocycles. The maximum Gasteiger partial charge on any atom is 0.320 e. The lowest BCUT2D eigenvalue weighted by Crippen LogP contribution is -2.57. The molecule has 0 spiro atoms. The molecule has 1 aromatic carbocycles. The number of hydrogen-bond acceptors (Lipinski definition) is 14. The van der Waals surface area contributed by atoms with Crippen LogP contribution in [0.1, 0.15) is 112 Å². The number of aromatic nitrogens is 4. The number of fused-ring (bicyclic) bond motifs is 2. The molecule has 19 heteroatoms. The second-order valence-electron chi connectivity index (χ2n) is 19.1. The Kier molecular flexibility index (Phi) is 12.5. The molecule has 1 unspecified atom stereocenters. The number of rotatable bonds is 10. The minimum absolute atomic E-state index is 0.00700. The van der Waals surface area contributed by atoms with Gasteiger partial charge < -0.3 is 24.9 Å². The molecule has 6 amide bonds. The molecule has 5 aliphatic heterocycles. The van der Waals surface area contributed by atoms with Crippen molar-refractivity contribution in [1.29, 1.82) is 0 Å². The van der Waals surface area contributed by atoms with Gasteiger partial charge in [-0.1, -0.05) is 18.9 Å². The van der Waals surface area contributed by atoms with E-state index in [1.807, 2.05) is 40.3 Å². The zero-order valence-corrected chi connectivity index (χ0v) is 38.7. The Hall–Kier alpha value is -6.60. The summed E-state index contributed by atoms with van der Waals surface area (Å²) in [6.45, 7) is 12.6. The van der Waals surface area contributed by atoms with Crippen molar-refractivity contribution < 1.29 is 28.8 Å². The molecule has 0 bridgehead atoms. The van der Waals surface area contributed by atoms with Crippen molar-refractivity contribution in [2.24, 2.45) is 0 Å². The average Bonchev–Trinajstić information content (AvgIpc) is 3.97. The van der Waals surface area contributed by atoms with Crippen LogP contribution in [-0.2, 0) is 9.59 Å². The van der Waals surface area contributed by atoms with E-state index in [4.69, 9.17) is 4.98 Å². The number of urea groups is 1. The number of imide groups is 2. The summed E-state index contributed by atoms with van der Waals surface area (Å²) in [5.41, 5.74) is 3.68. The number of amides is 6. The van der Waals surface area contributed by atoms with Crippen molar-refractivity contribution in [3.05, 3.63) is 80.9 Å². The first-order valence-electron chi connectivity index (χ1n) is 24.2. The summed E-state index contributed by atoms with van der Waals surface area (Å²) >= 11 is 0. The van der Waals surface area contributed by atoms with E-state index in [2.05, 4.69) is 35.3 Å². The molecule has 5 fully saturated rings. The van der Waals surface area contributed by atoms with Crippen LogP contribution in [0.4, 0.5) is 22.2 Å². The second kappa shape index (κ2) is 18.8. The van der Waals surface area contributed by atoms with Gasteiger partial charge in [-0.05, 0) is 100 Å². The van der Waals surface area contributed by atoms with Gasteiger partial charge in [-0.15, -0.1) is 0 Å². The van der Waals surface area contributed by atoms with Gasteiger partial charge in [-0.2, -0.15) is 4.98 Å². The van der Waals surface area contributed by atoms with Gasteiger partial charge in [0, 0.05) is 89.5 Å². The van der Waals surface area contributed by atoms with Crippen LogP contribution < -0.4 is 21.1 Å². The Morgan fingerprint density at radius 1 is 0.750 bits per heavy atom. The van der Waals surface area contributed by atoms with Gasteiger partial charge in [0.05, 0.1) is 28.6 Å². The Labute approximate surface area is 393 Å². The molecule has 356 valence electrons. The van der Waals surface area contributed by atoms with E-state index in [1.54, 1.807) is 23.8 Å². The zero-order chi connectivity index (χ0) is 47.2. The van der Waals surface area contributed by atoms with E-state index < -0.39 is 29.7 Å². The fourth-order valence-corrected chi connectivity index (χ4v) is 11.1. The number of hydrogen-bond donors (Lipinski definition) is 2. The van der Waals surface area contributed by atoms with Crippen LogP contribution in [0.2, 0.25) is 0 Å². The lowest BCUT2D eigenvalue weighted by Gasteiger charge is -2.41. The number of aryl methyl sites for hydroxylation is 1. The predicted molar refractivity (Wildman–Crippen MR) is 252 cm³/mol. The number of nitrogens with zero attached hydrogens (tertiary/aromatic N) is 10. The summed E-state index contributed by atoms with van der Waals surface area (Å²) in [6, 6.07) is 8.46. The normalized spacial score (nSPS) is 21.2. The highest BCUT2D eigenvalue weighted by molar-refractivity contribution is 6.23. The predicted octanol–water partition coefficient (Wildman–Crippen LogP) is 3.70. The highest BCUT2D eigenvalue weighted by atomic mass is 16.2. The molecule has 4 saturated heterocycles. The molecule has 2 N–H and O–H groups in total. The van der Waals surface area contributed by atoms with E-state index in [0.29, 0.717) is 78.8 Å². The summed E-state index contributed by atoms with van der Waals surface area (Å²) in [5.74, 6) is -1.06. The minimum Gasteiger partial charge on any atom is -0.367 e. The van der Waals surface area contributed by atoms with Crippen LogP contribution in [-0.4, -0.2) is 164 Å². The van der Waals surface area contributed by atoms with E-state index in [1.165, 1.54) is 6.92 Å². The Bertz CT molecular complexity index is 2730. The summed E-state index contributed by atoms with van der Waals surface area (Å²) in [7, 11) is 0. The molecular weight excluding hydrogens is 869 g/mol. The molecule has 0 radical (unpaired) electrons. The second-order valence-corrected chi connectivity index (χ2v) is 19.1. The van der Waals surface area contributed by atoms with Crippen molar-refractivity contribution in [1.82, 2.24) is 49.3 Å². The topological polar surface area (TPSA) is 207 Å². The van der Waals surface area contributed by atoms with Crippen molar-refractivity contribution in [3.63, 3.8) is 0 Å². The van der Waals surface area contributed by atoms with Gasteiger partial charge in [0.25, 0.3) is 17.4 Å². The molecule has 10 rings (SSSR count). The Morgan fingerprint density at radius 3 is 2.09 bits per heavy atom. The number of nitrogens with one attached hydrogen (secondary N) is 2. The highest BCUT2D eigenvalue weighted by Crippen LogP contribution is 2.35.